The molecule has 0 aromatic heterocycles. The summed E-state index contributed by atoms with van der Waals surface area (Å²) in [5.74, 6) is 1.45. The number of nitrogens with zero attached hydrogens (tertiary/aromatic N) is 2. The molecule has 1 atom stereocenters. The van der Waals surface area contributed by atoms with Gasteiger partial charge in [0.2, 0.25) is 0 Å². The molecule has 0 spiro atoms. The van der Waals surface area contributed by atoms with Gasteiger partial charge in [0, 0.05) is 32.6 Å². The van der Waals surface area contributed by atoms with E-state index in [1.54, 1.807) is 0 Å². The molecule has 26 heavy (non-hydrogen) atoms. The van der Waals surface area contributed by atoms with Gasteiger partial charge in [-0.3, -0.25) is 9.79 Å². The quantitative estimate of drug-likeness (QED) is 0.319. The molecule has 1 aliphatic heterocycles. The largest absolute Gasteiger partial charge is 0.469 e. The van der Waals surface area contributed by atoms with Gasteiger partial charge in [0.05, 0.1) is 13.0 Å². The summed E-state index contributed by atoms with van der Waals surface area (Å²) in [5, 5.41) is 3.57. The lowest BCUT2D eigenvalue weighted by atomic mass is 9.83. The highest BCUT2D eigenvalue weighted by atomic mass is 127. The molecule has 5 nitrogen and oxygen atoms in total. The van der Waals surface area contributed by atoms with Crippen molar-refractivity contribution in [2.75, 3.05) is 33.8 Å². The van der Waals surface area contributed by atoms with E-state index in [-0.39, 0.29) is 35.9 Å². The van der Waals surface area contributed by atoms with Crippen molar-refractivity contribution in [2.24, 2.45) is 10.9 Å². The number of guanidine groups is 1. The summed E-state index contributed by atoms with van der Waals surface area (Å²) in [6, 6.07) is 8.81. The first-order valence-corrected chi connectivity index (χ1v) is 9.34. The molecule has 6 heteroatoms. The van der Waals surface area contributed by atoms with E-state index in [2.05, 4.69) is 39.5 Å². The summed E-state index contributed by atoms with van der Waals surface area (Å²) < 4.78 is 4.87. The molecule has 1 heterocycles. The number of fused-ring (bicyclic) bond motifs is 1. The Labute approximate surface area is 173 Å². The maximum atomic E-state index is 11.7. The lowest BCUT2D eigenvalue weighted by Crippen LogP contribution is -2.47. The van der Waals surface area contributed by atoms with Gasteiger partial charge in [-0.1, -0.05) is 24.3 Å². The van der Waals surface area contributed by atoms with E-state index in [4.69, 9.17) is 4.74 Å². The highest BCUT2D eigenvalue weighted by Crippen LogP contribution is 2.30. The van der Waals surface area contributed by atoms with Crippen molar-refractivity contribution in [3.63, 3.8) is 0 Å². The molecule has 1 fully saturated rings. The molecule has 0 bridgehead atoms. The maximum Gasteiger partial charge on any atom is 0.308 e. The van der Waals surface area contributed by atoms with Crippen LogP contribution in [-0.4, -0.2) is 50.6 Å². The summed E-state index contributed by atoms with van der Waals surface area (Å²) in [7, 11) is 3.31. The van der Waals surface area contributed by atoms with Gasteiger partial charge in [0.1, 0.15) is 0 Å². The Morgan fingerprint density at radius 1 is 1.27 bits per heavy atom. The second kappa shape index (κ2) is 10.1. The van der Waals surface area contributed by atoms with Gasteiger partial charge in [0.15, 0.2) is 5.96 Å². The fourth-order valence-corrected chi connectivity index (χ4v) is 4.11. The van der Waals surface area contributed by atoms with Crippen LogP contribution in [0.25, 0.3) is 0 Å². The number of esters is 1. The van der Waals surface area contributed by atoms with Crippen LogP contribution in [0.1, 0.15) is 42.7 Å². The van der Waals surface area contributed by atoms with E-state index < -0.39 is 0 Å². The Bertz CT molecular complexity index is 627. The van der Waals surface area contributed by atoms with Crippen molar-refractivity contribution in [1.29, 1.82) is 0 Å². The zero-order valence-corrected chi connectivity index (χ0v) is 18.1. The van der Waals surface area contributed by atoms with Crippen LogP contribution in [0.5, 0.6) is 0 Å². The van der Waals surface area contributed by atoms with Crippen molar-refractivity contribution in [1.82, 2.24) is 10.2 Å². The number of likely N-dealkylation sites (tertiary alicyclic amines) is 1. The van der Waals surface area contributed by atoms with Crippen molar-refractivity contribution in [3.05, 3.63) is 35.4 Å². The Kier molecular flexibility index (Phi) is 8.18. The number of halogens is 1. The minimum Gasteiger partial charge on any atom is -0.469 e. The third-order valence-electron chi connectivity index (χ3n) is 5.54. The molecular weight excluding hydrogens is 441 g/mol. The number of methoxy groups -OCH3 is 1. The number of piperidine rings is 1. The zero-order chi connectivity index (χ0) is 17.6. The second-order valence-electron chi connectivity index (χ2n) is 7.00. The van der Waals surface area contributed by atoms with Crippen molar-refractivity contribution >= 4 is 35.9 Å². The number of benzene rings is 1. The number of aryl methyl sites for hydroxylation is 1. The van der Waals surface area contributed by atoms with Crippen LogP contribution in [-0.2, 0) is 16.0 Å². The predicted octanol–water partition coefficient (Wildman–Crippen LogP) is 3.18. The van der Waals surface area contributed by atoms with Gasteiger partial charge in [-0.05, 0) is 43.2 Å². The van der Waals surface area contributed by atoms with Crippen LogP contribution in [0.3, 0.4) is 0 Å². The van der Waals surface area contributed by atoms with Crippen molar-refractivity contribution < 1.29 is 9.53 Å². The first kappa shape index (κ1) is 21.0. The number of hydrogen-bond donors (Lipinski definition) is 1. The number of ether oxygens (including phenoxy) is 1. The summed E-state index contributed by atoms with van der Waals surface area (Å²) in [6.45, 7) is 2.61. The molecule has 1 unspecified atom stereocenters. The number of nitrogens with one attached hydrogen (secondary N) is 1. The summed E-state index contributed by atoms with van der Waals surface area (Å²) >= 11 is 0. The van der Waals surface area contributed by atoms with Gasteiger partial charge < -0.3 is 15.0 Å². The molecule has 144 valence electrons. The number of aliphatic imine (C=N–C) groups is 1. The summed E-state index contributed by atoms with van der Waals surface area (Å²) in [6.07, 6.45) is 5.35. The summed E-state index contributed by atoms with van der Waals surface area (Å²) in [5.41, 5.74) is 2.98. The highest BCUT2D eigenvalue weighted by Gasteiger charge is 2.27. The molecule has 1 N–H and O–H groups in total. The standard InChI is InChI=1S/C20H29N3O2.HI/c1-21-20(23-12-10-16(11-13-23)19(24)25-2)22-14-17-8-5-7-15-6-3-4-9-18(15)17;/h3-4,6,9,16-17H,5,7-8,10-14H2,1-2H3,(H,21,22);1H. The summed E-state index contributed by atoms with van der Waals surface area (Å²) in [4.78, 5) is 18.4. The number of carbonyl (C=O) groups is 1. The minimum atomic E-state index is -0.0820. The molecule has 0 amide bonds. The predicted molar refractivity (Wildman–Crippen MR) is 115 cm³/mol. The van der Waals surface area contributed by atoms with Crippen LogP contribution in [0.15, 0.2) is 29.3 Å². The van der Waals surface area contributed by atoms with E-state index in [0.717, 1.165) is 38.4 Å². The molecule has 1 aromatic rings. The third-order valence-corrected chi connectivity index (χ3v) is 5.54. The number of rotatable bonds is 3. The Morgan fingerprint density at radius 3 is 2.69 bits per heavy atom. The number of carbonyl (C=O) groups excluding carboxylic acids is 1. The lowest BCUT2D eigenvalue weighted by Gasteiger charge is -2.34. The maximum absolute atomic E-state index is 11.7. The molecular formula is C20H30IN3O2. The Hall–Kier alpha value is -1.31. The molecule has 3 rings (SSSR count). The smallest absolute Gasteiger partial charge is 0.308 e. The van der Waals surface area contributed by atoms with E-state index >= 15 is 0 Å². The third kappa shape index (κ3) is 4.90. The van der Waals surface area contributed by atoms with Crippen LogP contribution in [0.4, 0.5) is 0 Å². The highest BCUT2D eigenvalue weighted by molar-refractivity contribution is 14.0. The normalized spacial score (nSPS) is 20.8. The van der Waals surface area contributed by atoms with E-state index in [1.807, 2.05) is 7.05 Å². The van der Waals surface area contributed by atoms with Crippen LogP contribution >= 0.6 is 24.0 Å². The SMILES string of the molecule is CN=C(NCC1CCCc2ccccc21)N1CCC(C(=O)OC)CC1.I. The average Bonchev–Trinajstić information content (AvgIpc) is 2.68. The van der Waals surface area contributed by atoms with Gasteiger partial charge in [-0.15, -0.1) is 24.0 Å². The van der Waals surface area contributed by atoms with E-state index in [9.17, 15) is 4.79 Å². The van der Waals surface area contributed by atoms with Gasteiger partial charge in [-0.2, -0.15) is 0 Å². The Morgan fingerprint density at radius 2 is 2.00 bits per heavy atom. The van der Waals surface area contributed by atoms with Gasteiger partial charge in [0.25, 0.3) is 0 Å². The Balaban J connectivity index is 0.00000243. The van der Waals surface area contributed by atoms with Gasteiger partial charge in [-0.25, -0.2) is 0 Å². The van der Waals surface area contributed by atoms with Crippen LogP contribution < -0.4 is 5.32 Å². The molecule has 1 aromatic carbocycles. The average molecular weight is 471 g/mol. The fourth-order valence-electron chi connectivity index (χ4n) is 4.11. The van der Waals surface area contributed by atoms with Crippen LogP contribution in [0.2, 0.25) is 0 Å². The van der Waals surface area contributed by atoms with E-state index in [1.165, 1.54) is 37.5 Å². The fraction of sp³-hybridized carbons (Fsp3) is 0.600. The van der Waals surface area contributed by atoms with Crippen molar-refractivity contribution in [3.8, 4) is 0 Å². The van der Waals surface area contributed by atoms with Gasteiger partial charge >= 0.3 is 5.97 Å². The van der Waals surface area contributed by atoms with Crippen LogP contribution in [0, 0.1) is 5.92 Å². The monoisotopic (exact) mass is 471 g/mol. The number of hydrogen-bond acceptors (Lipinski definition) is 3. The first-order valence-electron chi connectivity index (χ1n) is 9.34. The molecule has 0 saturated carbocycles. The second-order valence-corrected chi connectivity index (χ2v) is 7.00. The van der Waals surface area contributed by atoms with Crippen molar-refractivity contribution in [2.45, 2.75) is 38.0 Å². The molecule has 0 radical (unpaired) electrons. The van der Waals surface area contributed by atoms with E-state index in [0.29, 0.717) is 5.92 Å². The minimum absolute atomic E-state index is 0. The molecule has 1 aliphatic carbocycles. The zero-order valence-electron chi connectivity index (χ0n) is 15.7. The lowest BCUT2D eigenvalue weighted by molar-refractivity contribution is -0.146. The topological polar surface area (TPSA) is 53.9 Å². The first-order chi connectivity index (χ1) is 12.2. The molecule has 2 aliphatic rings. The molecule has 1 saturated heterocycles.